The van der Waals surface area contributed by atoms with Crippen molar-refractivity contribution in [3.8, 4) is 0 Å². The van der Waals surface area contributed by atoms with Crippen molar-refractivity contribution in [2.75, 3.05) is 335 Å². The topological polar surface area (TPSA) is 9.23 Å². The molecule has 0 saturated heterocycles. The molecule has 0 fully saturated rings. The Kier molecular flexibility index (Phi) is 75.7. The second kappa shape index (κ2) is 67.3. The maximum atomic E-state index is 5.99. The van der Waals surface area contributed by atoms with Crippen LogP contribution in [0, 0.1) is 0 Å². The van der Waals surface area contributed by atoms with Crippen molar-refractivity contribution in [3.05, 3.63) is 139 Å². The predicted molar refractivity (Wildman–Crippen MR) is 765 cm³/mol. The molecular weight excluding hydrogens is 2660 g/mol. The van der Waals surface area contributed by atoms with Crippen LogP contribution < -0.4 is 21.2 Å². The van der Waals surface area contributed by atoms with Gasteiger partial charge in [-0.1, -0.05) is 367 Å². The van der Waals surface area contributed by atoms with Gasteiger partial charge in [-0.25, -0.2) is 0 Å². The molecule has 0 aliphatic carbocycles. The molecule has 0 bridgehead atoms. The van der Waals surface area contributed by atoms with E-state index in [2.05, 4.69) is 370 Å². The van der Waals surface area contributed by atoms with E-state index in [9.17, 15) is 0 Å². The zero-order valence-corrected chi connectivity index (χ0v) is 128. The minimum atomic E-state index is -1.34. The minimum Gasteiger partial charge on any atom is -0.362 e. The highest BCUT2D eigenvalue weighted by Gasteiger charge is 2.30. The molecular formula is C84H163Br4OP25S17. The Morgan fingerprint density at radius 3 is 0.542 bits per heavy atom. The van der Waals surface area contributed by atoms with E-state index in [1.807, 2.05) is 48.5 Å². The van der Waals surface area contributed by atoms with E-state index in [-0.39, 0.29) is 39.8 Å². The number of hydrogen-bond donors (Lipinski definition) is 0. The number of halogens is 4. The summed E-state index contributed by atoms with van der Waals surface area (Å²) < 4.78 is 9.95. The summed E-state index contributed by atoms with van der Waals surface area (Å²) in [4.78, 5) is 0. The van der Waals surface area contributed by atoms with E-state index in [4.69, 9.17) is 205 Å². The van der Waals surface area contributed by atoms with Crippen LogP contribution in [-0.2, 0) is 205 Å². The zero-order chi connectivity index (χ0) is 104. The Bertz CT molecular complexity index is 4920. The average Bonchev–Trinajstić information content (AvgIpc) is 0.768. The summed E-state index contributed by atoms with van der Waals surface area (Å²) in [6, 6.07) is 24.2. The van der Waals surface area contributed by atoms with Gasteiger partial charge in [0.05, 0.1) is 0 Å². The van der Waals surface area contributed by atoms with Gasteiger partial charge in [0, 0.05) is 97.6 Å². The summed E-state index contributed by atoms with van der Waals surface area (Å²) in [7, 11) is 3.17. The lowest BCUT2D eigenvalue weighted by Crippen LogP contribution is -2.25. The number of benzene rings is 6. The average molecular weight is 2830 g/mol. The van der Waals surface area contributed by atoms with Gasteiger partial charge in [0.15, 0.2) is 0 Å². The van der Waals surface area contributed by atoms with Crippen LogP contribution in [0.5, 0.6) is 0 Å². The molecule has 131 heavy (non-hydrogen) atoms. The molecule has 0 aliphatic heterocycles. The molecule has 6 rings (SSSR count). The maximum absolute atomic E-state index is 5.99. The first-order valence-corrected chi connectivity index (χ1v) is 124. The van der Waals surface area contributed by atoms with Crippen molar-refractivity contribution >= 4 is 475 Å². The van der Waals surface area contributed by atoms with Gasteiger partial charge in [0.25, 0.3) is 0 Å². The SMILES string of the molecule is Brc1cccc2cccc(Br)c12.Brc1ccccc1Br.COP(CP(C)(C)=S)CP(C)(C)=S.CP(C)(=S)CP(CP(C)(C)=S)c1cccc2cccc(P(CP(C)(C)=S)CP(C)(C)=S)c12.CP(C)(=S)CP(CP(C)(C)=S)c1ccccc1P(CP(C)(C)=S)CP(C)(C)=S.CP(C)(=S)CPCP(C)(C)=S.CP(C)(=S)CPCP(C)(C)=S.CP(C)(=S)CPCP(C)(C)=S.CP(C)(C)=S. The minimum absolute atomic E-state index is 0.305. The lowest BCUT2D eigenvalue weighted by molar-refractivity contribution is 0.466. The van der Waals surface area contributed by atoms with Crippen molar-refractivity contribution in [1.82, 2.24) is 0 Å². The molecule has 47 heteroatoms. The van der Waals surface area contributed by atoms with Gasteiger partial charge >= 0.3 is 0 Å². The monoisotopic (exact) mass is 2820 g/mol. The van der Waals surface area contributed by atoms with Crippen molar-refractivity contribution in [2.45, 2.75) is 0 Å². The highest BCUT2D eigenvalue weighted by atomic mass is 79.9. The molecule has 0 N–H and O–H groups in total. The first kappa shape index (κ1) is 147. The van der Waals surface area contributed by atoms with E-state index < -0.39 is 103 Å². The molecule has 0 saturated carbocycles. The second-order valence-electron chi connectivity index (χ2n) is 41.1. The fraction of sp³-hybridized carbons (Fsp3) is 0.619. The molecule has 0 amide bonds. The van der Waals surface area contributed by atoms with Gasteiger partial charge in [0.2, 0.25) is 0 Å². The lowest BCUT2D eigenvalue weighted by atomic mass is 10.1. The smallest absolute Gasteiger partial charge is 0.0398 e. The van der Waals surface area contributed by atoms with Crippen molar-refractivity contribution in [3.63, 3.8) is 0 Å². The molecule has 0 unspecified atom stereocenters. The summed E-state index contributed by atoms with van der Waals surface area (Å²) in [5.74, 6) is 19.1. The van der Waals surface area contributed by atoms with E-state index >= 15 is 0 Å². The second-order valence-corrected chi connectivity index (χ2v) is 177. The summed E-state index contributed by atoms with van der Waals surface area (Å²) in [6.07, 6.45) is 0. The van der Waals surface area contributed by atoms with Crippen LogP contribution in [0.2, 0.25) is 0 Å². The van der Waals surface area contributed by atoms with Gasteiger partial charge in [0.1, 0.15) is 0 Å². The van der Waals surface area contributed by atoms with E-state index in [0.717, 1.165) is 79.1 Å². The highest BCUT2D eigenvalue weighted by Crippen LogP contribution is 2.66. The number of fused-ring (bicyclic) bond motifs is 2. The quantitative estimate of drug-likeness (QED) is 0.0342. The van der Waals surface area contributed by atoms with Gasteiger partial charge in [-0.05, 0) is 459 Å². The van der Waals surface area contributed by atoms with E-state index in [1.165, 1.54) is 91.2 Å². The summed E-state index contributed by atoms with van der Waals surface area (Å²) in [6.45, 7) is 78.6. The Labute approximate surface area is 940 Å². The Balaban J connectivity index is -0.00000149. The van der Waals surface area contributed by atoms with Gasteiger partial charge in [-0.2, -0.15) is 0 Å². The van der Waals surface area contributed by atoms with Crippen LogP contribution in [0.3, 0.4) is 0 Å². The first-order valence-electron chi connectivity index (χ1n) is 41.5. The van der Waals surface area contributed by atoms with Gasteiger partial charge in [-0.3, -0.25) is 0 Å². The maximum Gasteiger partial charge on any atom is 0.0398 e. The molecule has 0 spiro atoms. The van der Waals surface area contributed by atoms with Crippen molar-refractivity contribution in [1.29, 1.82) is 0 Å². The first-order chi connectivity index (χ1) is 58.1. The van der Waals surface area contributed by atoms with Crippen LogP contribution in [0.4, 0.5) is 0 Å². The largest absolute Gasteiger partial charge is 0.362 e. The predicted octanol–water partition coefficient (Wildman–Crippen LogP) is 36.1. The summed E-state index contributed by atoms with van der Waals surface area (Å²) in [5.41, 5.74) is 0. The Hall–Kier alpha value is 12.2. The van der Waals surface area contributed by atoms with Gasteiger partial charge in [-0.15, -0.1) is 25.7 Å². The third-order valence-corrected chi connectivity index (χ3v) is 105. The Morgan fingerprint density at radius 1 is 0.214 bits per heavy atom. The van der Waals surface area contributed by atoms with Crippen LogP contribution >= 0.6 is 232 Å². The van der Waals surface area contributed by atoms with E-state index in [0.29, 0.717) is 0 Å². The molecule has 0 heterocycles. The van der Waals surface area contributed by atoms with Crippen molar-refractivity contribution < 1.29 is 4.52 Å². The normalized spacial score (nSPS) is 13.1. The third-order valence-electron chi connectivity index (χ3n) is 15.0. The fourth-order valence-corrected chi connectivity index (χ4v) is 95.5. The van der Waals surface area contributed by atoms with Crippen LogP contribution in [0.15, 0.2) is 139 Å². The lowest BCUT2D eigenvalue weighted by Gasteiger charge is -2.32. The summed E-state index contributed by atoms with van der Waals surface area (Å²) in [5, 5.41) is 11.6. The molecule has 0 atom stereocenters. The molecule has 0 aromatic heterocycles. The molecule has 6 aromatic rings. The third kappa shape index (κ3) is 92.1. The standard InChI is InChI=1S/C22H38P6S4.C18H36P6S4.C10H6Br2.C7H19OP3S2.C6H4Br2.3C6H17P3S2.C3H9PS/c1-25(2,29)15-23(16-26(3,4)30)20-13-9-11-19-12-10-14-21(22(19)20)24(17-27(5,6)31)18-28(7,8)32;1-21(2,25)13-19(14-22(3,4)26)17-11-9-10-12-18(17)20(15-23(5,6)27)16-24(7,8)28;11-8-5-1-3-7-4-2-6-9(12)10(7)8;1-8-9(6-10(2,3)12)7-11(4,5)13;7-5-3-1-2-4-6(5)8;3*1-8(2,10)5-7-6-9(3,4)11;1-4(2,3)5/h9-14H,15-18H2,1-8H3;9-12H,13-16H2,1-8H3;1-6H;6-7H2,1-5H3;1-4H;3*7H,5-6H2,1-4H3;1-3H3. The molecule has 6 aromatic carbocycles. The highest BCUT2D eigenvalue weighted by molar-refractivity contribution is 9.13. The number of rotatable bonds is 37. The summed E-state index contributed by atoms with van der Waals surface area (Å²) >= 11 is 109. The molecule has 1 nitrogen and oxygen atoms in total. The van der Waals surface area contributed by atoms with Crippen LogP contribution in [0.25, 0.3) is 21.5 Å². The Morgan fingerprint density at radius 2 is 0.374 bits per heavy atom. The zero-order valence-electron chi connectivity index (χ0n) is 85.1. The molecule has 0 aliphatic rings. The van der Waals surface area contributed by atoms with Crippen LogP contribution in [-0.4, -0.2) is 335 Å². The van der Waals surface area contributed by atoms with E-state index in [1.54, 1.807) is 17.7 Å². The van der Waals surface area contributed by atoms with Crippen LogP contribution in [0.1, 0.15) is 0 Å². The number of hydrogen-bond acceptors (Lipinski definition) is 18. The molecule has 760 valence electrons. The van der Waals surface area contributed by atoms with Gasteiger partial charge < -0.3 is 4.52 Å². The fourth-order valence-electron chi connectivity index (χ4n) is 11.3. The van der Waals surface area contributed by atoms with Crippen molar-refractivity contribution in [2.24, 2.45) is 0 Å². The molecule has 0 radical (unpaired) electrons.